The first-order valence-corrected chi connectivity index (χ1v) is 13.1. The van der Waals surface area contributed by atoms with Gasteiger partial charge in [-0.25, -0.2) is 9.59 Å². The number of fused-ring (bicyclic) bond motifs is 3. The number of aliphatic hydroxyl groups is 1. The molecule has 0 saturated heterocycles. The number of hydrogen-bond donors (Lipinski definition) is 4. The molecule has 4 rings (SSSR count). The van der Waals surface area contributed by atoms with Crippen molar-refractivity contribution in [2.75, 3.05) is 6.61 Å². The molecular weight excluding hydrogens is 496 g/mol. The van der Waals surface area contributed by atoms with Crippen LogP contribution in [0.1, 0.15) is 42.9 Å². The molecular formula is C31H34N2O6. The van der Waals surface area contributed by atoms with Crippen LogP contribution in [0.3, 0.4) is 0 Å². The molecule has 3 atom stereocenters. The molecule has 0 heterocycles. The van der Waals surface area contributed by atoms with Gasteiger partial charge in [-0.2, -0.15) is 0 Å². The topological polar surface area (TPSA) is 125 Å². The van der Waals surface area contributed by atoms with E-state index in [9.17, 15) is 24.6 Å². The van der Waals surface area contributed by atoms with Gasteiger partial charge in [-0.3, -0.25) is 4.79 Å². The number of carboxylic acids is 1. The zero-order chi connectivity index (χ0) is 27.9. The highest BCUT2D eigenvalue weighted by molar-refractivity contribution is 5.87. The van der Waals surface area contributed by atoms with Gasteiger partial charge in [0.05, 0.1) is 6.04 Å². The largest absolute Gasteiger partial charge is 0.480 e. The molecule has 0 radical (unpaired) electrons. The minimum Gasteiger partial charge on any atom is -0.480 e. The van der Waals surface area contributed by atoms with E-state index in [1.165, 1.54) is 0 Å². The molecule has 8 heteroatoms. The highest BCUT2D eigenvalue weighted by Crippen LogP contribution is 2.44. The van der Waals surface area contributed by atoms with Crippen LogP contribution in [-0.2, 0) is 20.7 Å². The Kier molecular flexibility index (Phi) is 8.99. The lowest BCUT2D eigenvalue weighted by Gasteiger charge is -2.26. The molecule has 1 aliphatic rings. The standard InChI is InChI=1S/C31H34N2O6/c1-19(2)16-27(30(36)37)32-29(35)28(34)26(17-20-10-4-3-5-11-20)33-31(38)39-18-25-23-14-8-6-12-21(23)22-13-7-9-15-24(22)25/h3-15,19,25-28,34H,16-18H2,1-2H3,(H,32,35)(H,33,38)(H,36,37)/t26-,27+,28+/m1/s1. The lowest BCUT2D eigenvalue weighted by atomic mass is 9.98. The van der Waals surface area contributed by atoms with E-state index in [1.807, 2.05) is 92.7 Å². The highest BCUT2D eigenvalue weighted by atomic mass is 16.5. The van der Waals surface area contributed by atoms with Crippen LogP contribution < -0.4 is 10.6 Å². The molecule has 3 aromatic rings. The van der Waals surface area contributed by atoms with Gasteiger partial charge in [0.15, 0.2) is 6.10 Å². The zero-order valence-electron chi connectivity index (χ0n) is 22.0. The molecule has 0 spiro atoms. The Labute approximate surface area is 228 Å². The van der Waals surface area contributed by atoms with Crippen LogP contribution in [0.2, 0.25) is 0 Å². The Morgan fingerprint density at radius 3 is 1.97 bits per heavy atom. The fourth-order valence-electron chi connectivity index (χ4n) is 5.03. The molecule has 3 aromatic carbocycles. The van der Waals surface area contributed by atoms with Crippen LogP contribution in [0.5, 0.6) is 0 Å². The number of amides is 2. The quantitative estimate of drug-likeness (QED) is 0.296. The molecule has 0 aliphatic heterocycles. The first-order chi connectivity index (χ1) is 18.7. The number of carbonyl (C=O) groups excluding carboxylic acids is 2. The van der Waals surface area contributed by atoms with E-state index < -0.39 is 36.2 Å². The Hall–Kier alpha value is -4.17. The average molecular weight is 531 g/mol. The molecule has 0 unspecified atom stereocenters. The number of rotatable bonds is 11. The summed E-state index contributed by atoms with van der Waals surface area (Å²) in [4.78, 5) is 37.5. The van der Waals surface area contributed by atoms with Gasteiger partial charge in [-0.05, 0) is 46.6 Å². The SMILES string of the molecule is CC(C)C[C@H](NC(=O)[C@@H](O)[C@@H](Cc1ccccc1)NC(=O)OCC1c2ccccc2-c2ccccc21)C(=O)O. The van der Waals surface area contributed by atoms with E-state index in [1.54, 1.807) is 0 Å². The van der Waals surface area contributed by atoms with Gasteiger partial charge in [0.2, 0.25) is 0 Å². The number of aliphatic hydroxyl groups excluding tert-OH is 1. The van der Waals surface area contributed by atoms with Crippen molar-refractivity contribution in [2.45, 2.75) is 50.8 Å². The maximum Gasteiger partial charge on any atom is 0.407 e. The van der Waals surface area contributed by atoms with Crippen LogP contribution in [0, 0.1) is 5.92 Å². The summed E-state index contributed by atoms with van der Waals surface area (Å²) >= 11 is 0. The third-order valence-electron chi connectivity index (χ3n) is 6.92. The second-order valence-electron chi connectivity index (χ2n) is 10.2. The molecule has 0 fully saturated rings. The number of nitrogens with one attached hydrogen (secondary N) is 2. The lowest BCUT2D eigenvalue weighted by Crippen LogP contribution is -2.54. The number of ether oxygens (including phenoxy) is 1. The fraction of sp³-hybridized carbons (Fsp3) is 0.323. The van der Waals surface area contributed by atoms with E-state index >= 15 is 0 Å². The molecule has 1 aliphatic carbocycles. The van der Waals surface area contributed by atoms with Gasteiger partial charge in [0, 0.05) is 5.92 Å². The third kappa shape index (κ3) is 6.83. The van der Waals surface area contributed by atoms with Crippen LogP contribution in [0.4, 0.5) is 4.79 Å². The Morgan fingerprint density at radius 1 is 0.846 bits per heavy atom. The molecule has 0 saturated carbocycles. The maximum absolute atomic E-state index is 13.0. The van der Waals surface area contributed by atoms with E-state index in [-0.39, 0.29) is 31.3 Å². The fourth-order valence-corrected chi connectivity index (χ4v) is 5.03. The average Bonchev–Trinajstić information content (AvgIpc) is 3.24. The van der Waals surface area contributed by atoms with Gasteiger partial charge in [-0.15, -0.1) is 0 Å². The first-order valence-electron chi connectivity index (χ1n) is 13.1. The first kappa shape index (κ1) is 27.9. The summed E-state index contributed by atoms with van der Waals surface area (Å²) in [5, 5.41) is 25.5. The summed E-state index contributed by atoms with van der Waals surface area (Å²) in [6, 6.07) is 22.9. The number of carbonyl (C=O) groups is 3. The second-order valence-corrected chi connectivity index (χ2v) is 10.2. The Balaban J connectivity index is 1.46. The smallest absolute Gasteiger partial charge is 0.407 e. The van der Waals surface area contributed by atoms with Crippen LogP contribution >= 0.6 is 0 Å². The highest BCUT2D eigenvalue weighted by Gasteiger charge is 2.33. The Morgan fingerprint density at radius 2 is 1.41 bits per heavy atom. The predicted octanol–water partition coefficient (Wildman–Crippen LogP) is 4.11. The van der Waals surface area contributed by atoms with Crippen molar-refractivity contribution in [3.63, 3.8) is 0 Å². The van der Waals surface area contributed by atoms with Crippen molar-refractivity contribution >= 4 is 18.0 Å². The van der Waals surface area contributed by atoms with Gasteiger partial charge in [0.25, 0.3) is 5.91 Å². The van der Waals surface area contributed by atoms with Gasteiger partial charge in [-0.1, -0.05) is 92.7 Å². The predicted molar refractivity (Wildman–Crippen MR) is 147 cm³/mol. The summed E-state index contributed by atoms with van der Waals surface area (Å²) in [5.41, 5.74) is 5.12. The van der Waals surface area contributed by atoms with E-state index in [2.05, 4.69) is 10.6 Å². The number of alkyl carbamates (subject to hydrolysis) is 1. The Bertz CT molecular complexity index is 1260. The molecule has 0 bridgehead atoms. The molecule has 39 heavy (non-hydrogen) atoms. The normalized spacial score (nSPS) is 14.6. The van der Waals surface area contributed by atoms with Crippen molar-refractivity contribution in [1.29, 1.82) is 0 Å². The molecule has 0 aromatic heterocycles. The van der Waals surface area contributed by atoms with Crippen molar-refractivity contribution in [2.24, 2.45) is 5.92 Å². The third-order valence-corrected chi connectivity index (χ3v) is 6.92. The van der Waals surface area contributed by atoms with Gasteiger partial charge < -0.3 is 25.6 Å². The molecule has 4 N–H and O–H groups in total. The van der Waals surface area contributed by atoms with Gasteiger partial charge >= 0.3 is 12.1 Å². The van der Waals surface area contributed by atoms with Crippen LogP contribution in [-0.4, -0.2) is 53.0 Å². The van der Waals surface area contributed by atoms with Crippen LogP contribution in [0.25, 0.3) is 11.1 Å². The monoisotopic (exact) mass is 530 g/mol. The number of hydrogen-bond acceptors (Lipinski definition) is 5. The molecule has 8 nitrogen and oxygen atoms in total. The molecule has 2 amide bonds. The van der Waals surface area contributed by atoms with E-state index in [0.29, 0.717) is 0 Å². The summed E-state index contributed by atoms with van der Waals surface area (Å²) < 4.78 is 5.62. The maximum atomic E-state index is 13.0. The summed E-state index contributed by atoms with van der Waals surface area (Å²) in [7, 11) is 0. The summed E-state index contributed by atoms with van der Waals surface area (Å²) in [6.45, 7) is 3.76. The zero-order valence-corrected chi connectivity index (χ0v) is 22.0. The number of aliphatic carboxylic acids is 1. The number of benzene rings is 3. The van der Waals surface area contributed by atoms with Gasteiger partial charge in [0.1, 0.15) is 12.6 Å². The van der Waals surface area contributed by atoms with Crippen LogP contribution in [0.15, 0.2) is 78.9 Å². The van der Waals surface area contributed by atoms with Crippen molar-refractivity contribution in [3.8, 4) is 11.1 Å². The van der Waals surface area contributed by atoms with Crippen molar-refractivity contribution < 1.29 is 29.3 Å². The van der Waals surface area contributed by atoms with Crippen molar-refractivity contribution in [1.82, 2.24) is 10.6 Å². The second kappa shape index (κ2) is 12.6. The summed E-state index contributed by atoms with van der Waals surface area (Å²) in [5.74, 6) is -2.19. The van der Waals surface area contributed by atoms with E-state index in [4.69, 9.17) is 4.74 Å². The minimum atomic E-state index is -1.69. The minimum absolute atomic E-state index is 0.0163. The van der Waals surface area contributed by atoms with E-state index in [0.717, 1.165) is 27.8 Å². The summed E-state index contributed by atoms with van der Waals surface area (Å²) in [6.07, 6.45) is -2.13. The number of carboxylic acid groups (broad SMARTS) is 1. The lowest BCUT2D eigenvalue weighted by molar-refractivity contribution is -0.144. The molecule has 204 valence electrons. The van der Waals surface area contributed by atoms with Crippen molar-refractivity contribution in [3.05, 3.63) is 95.6 Å².